The van der Waals surface area contributed by atoms with E-state index < -0.39 is 0 Å². The van der Waals surface area contributed by atoms with Gasteiger partial charge in [0.25, 0.3) is 0 Å². The number of nitrogens with zero attached hydrogens (tertiary/aromatic N) is 2. The summed E-state index contributed by atoms with van der Waals surface area (Å²) in [7, 11) is 0. The highest BCUT2D eigenvalue weighted by Gasteiger charge is 2.15. The van der Waals surface area contributed by atoms with E-state index in [1.54, 1.807) is 0 Å². The van der Waals surface area contributed by atoms with Crippen molar-refractivity contribution in [2.24, 2.45) is 0 Å². The van der Waals surface area contributed by atoms with E-state index in [0.717, 1.165) is 42.5 Å². The van der Waals surface area contributed by atoms with Crippen LogP contribution in [0.4, 0.5) is 0 Å². The Balaban J connectivity index is 1.81. The van der Waals surface area contributed by atoms with Crippen LogP contribution >= 0.6 is 15.9 Å². The molecule has 1 aromatic rings. The molecule has 1 aromatic heterocycles. The molecule has 0 atom stereocenters. The van der Waals surface area contributed by atoms with E-state index in [-0.39, 0.29) is 5.91 Å². The minimum atomic E-state index is 0.285. The summed E-state index contributed by atoms with van der Waals surface area (Å²) in [5, 5.41) is 0. The van der Waals surface area contributed by atoms with Gasteiger partial charge in [0.2, 0.25) is 5.91 Å². The minimum absolute atomic E-state index is 0.285. The van der Waals surface area contributed by atoms with E-state index >= 15 is 0 Å². The molecule has 1 aliphatic rings. The van der Waals surface area contributed by atoms with E-state index in [4.69, 9.17) is 0 Å². The Morgan fingerprint density at radius 1 is 1.29 bits per heavy atom. The molecule has 0 radical (unpaired) electrons. The standard InChI is InChI=1S/C13H17BrN2O/c14-12-6-4-11(10-15-12)5-7-13(17)16-8-2-1-3-9-16/h4,6,10H,1-3,5,7-9H2. The van der Waals surface area contributed by atoms with Gasteiger partial charge in [-0.25, -0.2) is 4.98 Å². The van der Waals surface area contributed by atoms with E-state index in [1.807, 2.05) is 23.2 Å². The van der Waals surface area contributed by atoms with Crippen molar-refractivity contribution in [2.45, 2.75) is 32.1 Å². The molecule has 0 bridgehead atoms. The molecule has 0 spiro atoms. The number of carbonyl (C=O) groups excluding carboxylic acids is 1. The third-order valence-corrected chi connectivity index (χ3v) is 3.59. The molecule has 1 amide bonds. The number of rotatable bonds is 3. The van der Waals surface area contributed by atoms with E-state index in [0.29, 0.717) is 6.42 Å². The van der Waals surface area contributed by atoms with Crippen LogP contribution in [0.25, 0.3) is 0 Å². The van der Waals surface area contributed by atoms with E-state index in [2.05, 4.69) is 20.9 Å². The Kier molecular flexibility index (Phi) is 4.54. The summed E-state index contributed by atoms with van der Waals surface area (Å²) in [5.41, 5.74) is 1.12. The molecule has 4 heteroatoms. The maximum atomic E-state index is 11.9. The van der Waals surface area contributed by atoms with Crippen LogP contribution in [-0.4, -0.2) is 28.9 Å². The molecule has 2 heterocycles. The van der Waals surface area contributed by atoms with Crippen LogP contribution in [-0.2, 0) is 11.2 Å². The summed E-state index contributed by atoms with van der Waals surface area (Å²) in [5.74, 6) is 0.285. The smallest absolute Gasteiger partial charge is 0.222 e. The molecule has 0 aromatic carbocycles. The van der Waals surface area contributed by atoms with Crippen LogP contribution in [0.2, 0.25) is 0 Å². The number of pyridine rings is 1. The van der Waals surface area contributed by atoms with E-state index in [1.165, 1.54) is 6.42 Å². The van der Waals surface area contributed by atoms with Gasteiger partial charge >= 0.3 is 0 Å². The van der Waals surface area contributed by atoms with Gasteiger partial charge in [-0.05, 0) is 53.2 Å². The number of carbonyl (C=O) groups is 1. The molecule has 0 unspecified atom stereocenters. The van der Waals surface area contributed by atoms with Crippen molar-refractivity contribution in [1.82, 2.24) is 9.88 Å². The quantitative estimate of drug-likeness (QED) is 0.804. The van der Waals surface area contributed by atoms with Crippen molar-refractivity contribution in [1.29, 1.82) is 0 Å². The average Bonchev–Trinajstić information content (AvgIpc) is 2.39. The number of hydrogen-bond donors (Lipinski definition) is 0. The molecule has 1 saturated heterocycles. The normalized spacial score (nSPS) is 15.9. The summed E-state index contributed by atoms with van der Waals surface area (Å²) >= 11 is 3.30. The predicted octanol–water partition coefficient (Wildman–Crippen LogP) is 2.79. The highest BCUT2D eigenvalue weighted by molar-refractivity contribution is 9.10. The van der Waals surface area contributed by atoms with Gasteiger partial charge in [-0.1, -0.05) is 6.07 Å². The van der Waals surface area contributed by atoms with Crippen LogP contribution in [0.1, 0.15) is 31.2 Å². The van der Waals surface area contributed by atoms with Gasteiger partial charge in [-0.3, -0.25) is 4.79 Å². The second-order valence-electron chi connectivity index (χ2n) is 4.43. The third kappa shape index (κ3) is 3.80. The van der Waals surface area contributed by atoms with Crippen molar-refractivity contribution in [3.8, 4) is 0 Å². The lowest BCUT2D eigenvalue weighted by atomic mass is 10.1. The van der Waals surface area contributed by atoms with Gasteiger partial charge in [-0.2, -0.15) is 0 Å². The average molecular weight is 297 g/mol. The molecular weight excluding hydrogens is 280 g/mol. The number of likely N-dealkylation sites (tertiary alicyclic amines) is 1. The van der Waals surface area contributed by atoms with Crippen LogP contribution < -0.4 is 0 Å². The number of halogens is 1. The van der Waals surface area contributed by atoms with Crippen molar-refractivity contribution in [3.63, 3.8) is 0 Å². The Bertz CT molecular complexity index is 372. The molecule has 17 heavy (non-hydrogen) atoms. The number of amides is 1. The number of aromatic nitrogens is 1. The summed E-state index contributed by atoms with van der Waals surface area (Å²) in [4.78, 5) is 18.1. The van der Waals surface area contributed by atoms with Gasteiger partial charge < -0.3 is 4.90 Å². The van der Waals surface area contributed by atoms with Crippen LogP contribution in [0.15, 0.2) is 22.9 Å². The van der Waals surface area contributed by atoms with Crippen molar-refractivity contribution in [2.75, 3.05) is 13.1 Å². The molecule has 92 valence electrons. The second-order valence-corrected chi connectivity index (χ2v) is 5.24. The third-order valence-electron chi connectivity index (χ3n) is 3.12. The summed E-state index contributed by atoms with van der Waals surface area (Å²) < 4.78 is 0.837. The van der Waals surface area contributed by atoms with Gasteiger partial charge in [0.1, 0.15) is 4.60 Å². The van der Waals surface area contributed by atoms with Crippen molar-refractivity contribution >= 4 is 21.8 Å². The molecule has 3 nitrogen and oxygen atoms in total. The zero-order chi connectivity index (χ0) is 12.1. The van der Waals surface area contributed by atoms with Gasteiger partial charge in [0.05, 0.1) is 0 Å². The lowest BCUT2D eigenvalue weighted by molar-refractivity contribution is -0.132. The van der Waals surface area contributed by atoms with Crippen molar-refractivity contribution < 1.29 is 4.79 Å². The first kappa shape index (κ1) is 12.6. The second kappa shape index (κ2) is 6.15. The van der Waals surface area contributed by atoms with Crippen molar-refractivity contribution in [3.05, 3.63) is 28.5 Å². The fraction of sp³-hybridized carbons (Fsp3) is 0.538. The Hall–Kier alpha value is -0.900. The fourth-order valence-electron chi connectivity index (χ4n) is 2.11. The Labute approximate surface area is 110 Å². The zero-order valence-electron chi connectivity index (χ0n) is 9.86. The maximum absolute atomic E-state index is 11.9. The van der Waals surface area contributed by atoms with Crippen LogP contribution in [0, 0.1) is 0 Å². The minimum Gasteiger partial charge on any atom is -0.343 e. The first-order chi connectivity index (χ1) is 8.25. The number of piperidine rings is 1. The number of hydrogen-bond acceptors (Lipinski definition) is 2. The Morgan fingerprint density at radius 3 is 2.71 bits per heavy atom. The summed E-state index contributed by atoms with van der Waals surface area (Å²) in [6.07, 6.45) is 6.80. The monoisotopic (exact) mass is 296 g/mol. The largest absolute Gasteiger partial charge is 0.343 e. The molecule has 0 N–H and O–H groups in total. The van der Waals surface area contributed by atoms with Gasteiger partial charge in [0, 0.05) is 25.7 Å². The Morgan fingerprint density at radius 2 is 2.06 bits per heavy atom. The molecule has 0 saturated carbocycles. The highest BCUT2D eigenvalue weighted by Crippen LogP contribution is 2.12. The van der Waals surface area contributed by atoms with Crippen LogP contribution in [0.3, 0.4) is 0 Å². The highest BCUT2D eigenvalue weighted by atomic mass is 79.9. The molecule has 0 aliphatic carbocycles. The molecular formula is C13H17BrN2O. The summed E-state index contributed by atoms with van der Waals surface area (Å²) in [6, 6.07) is 3.93. The van der Waals surface area contributed by atoms with Crippen LogP contribution in [0.5, 0.6) is 0 Å². The predicted molar refractivity (Wildman–Crippen MR) is 70.7 cm³/mol. The topological polar surface area (TPSA) is 33.2 Å². The summed E-state index contributed by atoms with van der Waals surface area (Å²) in [6.45, 7) is 1.88. The number of aryl methyl sites for hydroxylation is 1. The fourth-order valence-corrected chi connectivity index (χ4v) is 2.34. The van der Waals surface area contributed by atoms with Gasteiger partial charge in [-0.15, -0.1) is 0 Å². The first-order valence-electron chi connectivity index (χ1n) is 6.14. The molecule has 2 rings (SSSR count). The van der Waals surface area contributed by atoms with E-state index in [9.17, 15) is 4.79 Å². The molecule has 1 fully saturated rings. The maximum Gasteiger partial charge on any atom is 0.222 e. The SMILES string of the molecule is O=C(CCc1ccc(Br)nc1)N1CCCCC1. The van der Waals surface area contributed by atoms with Gasteiger partial charge in [0.15, 0.2) is 0 Å². The first-order valence-corrected chi connectivity index (χ1v) is 6.93. The lowest BCUT2D eigenvalue weighted by Gasteiger charge is -2.26. The lowest BCUT2D eigenvalue weighted by Crippen LogP contribution is -2.35. The zero-order valence-corrected chi connectivity index (χ0v) is 11.4. The molecule has 1 aliphatic heterocycles.